The molecule has 1 unspecified atom stereocenters. The fourth-order valence-electron chi connectivity index (χ4n) is 3.48. The Hall–Kier alpha value is -3.51. The molecule has 30 heavy (non-hydrogen) atoms. The molecule has 1 aromatic heterocycles. The Morgan fingerprint density at radius 3 is 2.20 bits per heavy atom. The van der Waals surface area contributed by atoms with E-state index in [9.17, 15) is 4.79 Å². The highest BCUT2D eigenvalue weighted by Crippen LogP contribution is 2.21. The SMILES string of the molecule is COc1ccc(C(CNC(=O)c2ccc3nc4ccccc4nc3c2)N(C)C)cc1. The van der Waals surface area contributed by atoms with E-state index in [-0.39, 0.29) is 11.9 Å². The first-order valence-electron chi connectivity index (χ1n) is 9.80. The Kier molecular flexibility index (Phi) is 5.59. The molecule has 0 bridgehead atoms. The van der Waals surface area contributed by atoms with Gasteiger partial charge in [0.15, 0.2) is 0 Å². The van der Waals surface area contributed by atoms with Gasteiger partial charge in [-0.3, -0.25) is 4.79 Å². The zero-order valence-electron chi connectivity index (χ0n) is 17.3. The lowest BCUT2D eigenvalue weighted by molar-refractivity contribution is 0.0942. The van der Waals surface area contributed by atoms with E-state index >= 15 is 0 Å². The second-order valence-electron chi connectivity index (χ2n) is 7.38. The van der Waals surface area contributed by atoms with Gasteiger partial charge < -0.3 is 15.0 Å². The average molecular weight is 400 g/mol. The van der Waals surface area contributed by atoms with Crippen LogP contribution in [-0.2, 0) is 0 Å². The number of para-hydroxylation sites is 2. The van der Waals surface area contributed by atoms with Crippen LogP contribution in [0.1, 0.15) is 22.0 Å². The summed E-state index contributed by atoms with van der Waals surface area (Å²) in [7, 11) is 5.64. The van der Waals surface area contributed by atoms with Crippen LogP contribution in [0.3, 0.4) is 0 Å². The van der Waals surface area contributed by atoms with Crippen molar-refractivity contribution in [2.75, 3.05) is 27.7 Å². The van der Waals surface area contributed by atoms with E-state index < -0.39 is 0 Å². The average Bonchev–Trinajstić information content (AvgIpc) is 2.77. The van der Waals surface area contributed by atoms with Gasteiger partial charge >= 0.3 is 0 Å². The van der Waals surface area contributed by atoms with Crippen LogP contribution in [0, 0.1) is 0 Å². The zero-order valence-corrected chi connectivity index (χ0v) is 17.3. The van der Waals surface area contributed by atoms with Crippen molar-refractivity contribution in [1.82, 2.24) is 20.2 Å². The van der Waals surface area contributed by atoms with E-state index in [1.54, 1.807) is 19.2 Å². The molecule has 0 aliphatic rings. The lowest BCUT2D eigenvalue weighted by Gasteiger charge is -2.25. The smallest absolute Gasteiger partial charge is 0.251 e. The number of methoxy groups -OCH3 is 1. The number of carbonyl (C=O) groups is 1. The van der Waals surface area contributed by atoms with Crippen molar-refractivity contribution < 1.29 is 9.53 Å². The van der Waals surface area contributed by atoms with E-state index in [2.05, 4.69) is 20.2 Å². The van der Waals surface area contributed by atoms with Crippen molar-refractivity contribution in [2.24, 2.45) is 0 Å². The molecule has 0 saturated heterocycles. The van der Waals surface area contributed by atoms with E-state index in [0.29, 0.717) is 17.6 Å². The first-order valence-corrected chi connectivity index (χ1v) is 9.80. The molecular formula is C24H24N4O2. The number of ether oxygens (including phenoxy) is 1. The summed E-state index contributed by atoms with van der Waals surface area (Å²) >= 11 is 0. The third-order valence-corrected chi connectivity index (χ3v) is 5.18. The maximum Gasteiger partial charge on any atom is 0.251 e. The molecule has 0 spiro atoms. The summed E-state index contributed by atoms with van der Waals surface area (Å²) in [5.41, 5.74) is 4.82. The van der Waals surface area contributed by atoms with E-state index in [1.165, 1.54) is 0 Å². The van der Waals surface area contributed by atoms with E-state index in [1.807, 2.05) is 68.7 Å². The summed E-state index contributed by atoms with van der Waals surface area (Å²) < 4.78 is 5.23. The number of likely N-dealkylation sites (N-methyl/N-ethyl adjacent to an activating group) is 1. The Balaban J connectivity index is 1.52. The molecule has 1 atom stereocenters. The van der Waals surface area contributed by atoms with Crippen molar-refractivity contribution >= 4 is 28.0 Å². The van der Waals surface area contributed by atoms with Gasteiger partial charge in [0, 0.05) is 12.1 Å². The summed E-state index contributed by atoms with van der Waals surface area (Å²) in [4.78, 5) is 24.2. The van der Waals surface area contributed by atoms with Crippen LogP contribution in [0.15, 0.2) is 66.7 Å². The van der Waals surface area contributed by atoms with Gasteiger partial charge in [-0.15, -0.1) is 0 Å². The fourth-order valence-corrected chi connectivity index (χ4v) is 3.48. The molecule has 0 aliphatic heterocycles. The van der Waals surface area contributed by atoms with Crippen LogP contribution in [0.4, 0.5) is 0 Å². The second kappa shape index (κ2) is 8.47. The Bertz CT molecular complexity index is 1190. The van der Waals surface area contributed by atoms with Crippen molar-refractivity contribution in [2.45, 2.75) is 6.04 Å². The number of rotatable bonds is 6. The maximum absolute atomic E-state index is 12.8. The highest BCUT2D eigenvalue weighted by atomic mass is 16.5. The first-order chi connectivity index (χ1) is 14.5. The van der Waals surface area contributed by atoms with Gasteiger partial charge in [-0.1, -0.05) is 24.3 Å². The van der Waals surface area contributed by atoms with Crippen LogP contribution >= 0.6 is 0 Å². The topological polar surface area (TPSA) is 67.3 Å². The summed E-state index contributed by atoms with van der Waals surface area (Å²) in [6, 6.07) is 21.1. The van der Waals surface area contributed by atoms with Crippen LogP contribution in [-0.4, -0.2) is 48.5 Å². The Labute approximate surface area is 175 Å². The van der Waals surface area contributed by atoms with Crippen molar-refractivity contribution in [3.8, 4) is 5.75 Å². The number of hydrogen-bond donors (Lipinski definition) is 1. The third kappa shape index (κ3) is 4.09. The van der Waals surface area contributed by atoms with Gasteiger partial charge in [0.2, 0.25) is 0 Å². The molecule has 1 heterocycles. The van der Waals surface area contributed by atoms with Crippen LogP contribution in [0.2, 0.25) is 0 Å². The summed E-state index contributed by atoms with van der Waals surface area (Å²) in [6.45, 7) is 0.486. The number of nitrogens with one attached hydrogen (secondary N) is 1. The predicted octanol–water partition coefficient (Wildman–Crippen LogP) is 3.82. The molecular weight excluding hydrogens is 376 g/mol. The molecule has 0 aliphatic carbocycles. The lowest BCUT2D eigenvalue weighted by atomic mass is 10.1. The molecule has 1 amide bonds. The van der Waals surface area contributed by atoms with Gasteiger partial charge in [-0.25, -0.2) is 9.97 Å². The van der Waals surface area contributed by atoms with Gasteiger partial charge in [0.1, 0.15) is 5.75 Å². The molecule has 6 heteroatoms. The number of fused-ring (bicyclic) bond motifs is 2. The van der Waals surface area contributed by atoms with Gasteiger partial charge in [0.25, 0.3) is 5.91 Å². The molecule has 6 nitrogen and oxygen atoms in total. The van der Waals surface area contributed by atoms with Crippen LogP contribution < -0.4 is 10.1 Å². The lowest BCUT2D eigenvalue weighted by Crippen LogP contribution is -2.34. The third-order valence-electron chi connectivity index (χ3n) is 5.18. The highest BCUT2D eigenvalue weighted by Gasteiger charge is 2.16. The fraction of sp³-hybridized carbons (Fsp3) is 0.208. The molecule has 0 saturated carbocycles. The van der Waals surface area contributed by atoms with Crippen molar-refractivity contribution in [1.29, 1.82) is 0 Å². The quantitative estimate of drug-likeness (QED) is 0.498. The van der Waals surface area contributed by atoms with Crippen LogP contribution in [0.25, 0.3) is 22.1 Å². The molecule has 0 radical (unpaired) electrons. The number of carbonyl (C=O) groups excluding carboxylic acids is 1. The molecule has 4 rings (SSSR count). The number of benzene rings is 3. The number of amides is 1. The first kappa shape index (κ1) is 19.8. The standard InChI is InChI=1S/C24H24N4O2/c1-28(2)23(16-8-11-18(30-3)12-9-16)15-25-24(29)17-10-13-21-22(14-17)27-20-7-5-4-6-19(20)26-21/h4-14,23H,15H2,1-3H3,(H,25,29). The van der Waals surface area contributed by atoms with Crippen LogP contribution in [0.5, 0.6) is 5.75 Å². The van der Waals surface area contributed by atoms with Gasteiger partial charge in [-0.2, -0.15) is 0 Å². The van der Waals surface area contributed by atoms with E-state index in [0.717, 1.165) is 27.9 Å². The summed E-state index contributed by atoms with van der Waals surface area (Å²) in [6.07, 6.45) is 0. The molecule has 1 N–H and O–H groups in total. The minimum absolute atomic E-state index is 0.0454. The molecule has 4 aromatic rings. The number of hydrogen-bond acceptors (Lipinski definition) is 5. The maximum atomic E-state index is 12.8. The summed E-state index contributed by atoms with van der Waals surface area (Å²) in [5.74, 6) is 0.678. The Morgan fingerprint density at radius 2 is 1.57 bits per heavy atom. The minimum Gasteiger partial charge on any atom is -0.497 e. The second-order valence-corrected chi connectivity index (χ2v) is 7.38. The molecule has 152 valence electrons. The zero-order chi connectivity index (χ0) is 21.1. The number of aromatic nitrogens is 2. The highest BCUT2D eigenvalue weighted by molar-refractivity contribution is 5.98. The Morgan fingerprint density at radius 1 is 0.933 bits per heavy atom. The molecule has 3 aromatic carbocycles. The van der Waals surface area contributed by atoms with Crippen molar-refractivity contribution in [3.63, 3.8) is 0 Å². The predicted molar refractivity (Wildman–Crippen MR) is 119 cm³/mol. The molecule has 0 fully saturated rings. The largest absolute Gasteiger partial charge is 0.497 e. The monoisotopic (exact) mass is 400 g/mol. The normalized spacial score (nSPS) is 12.3. The number of nitrogens with zero attached hydrogens (tertiary/aromatic N) is 3. The summed E-state index contributed by atoms with van der Waals surface area (Å²) in [5, 5.41) is 3.05. The van der Waals surface area contributed by atoms with E-state index in [4.69, 9.17) is 4.74 Å². The minimum atomic E-state index is -0.132. The van der Waals surface area contributed by atoms with Gasteiger partial charge in [-0.05, 0) is 62.1 Å². The van der Waals surface area contributed by atoms with Crippen molar-refractivity contribution in [3.05, 3.63) is 77.9 Å². The van der Waals surface area contributed by atoms with Gasteiger partial charge in [0.05, 0.1) is 35.2 Å².